The predicted octanol–water partition coefficient (Wildman–Crippen LogP) is 10.4. The number of carbonyl (C=O) groups is 6. The van der Waals surface area contributed by atoms with Crippen LogP contribution in [0.5, 0.6) is 17.2 Å². The van der Waals surface area contributed by atoms with Gasteiger partial charge in [0.05, 0.1) is 124 Å². The number of rotatable bonds is 32. The molecule has 0 spiro atoms. The Morgan fingerprint density at radius 3 is 1.25 bits per heavy atom. The molecule has 9 N–H and O–H groups in total. The Labute approximate surface area is 727 Å². The van der Waals surface area contributed by atoms with Gasteiger partial charge in [0.15, 0.2) is 34.8 Å². The number of aromatic nitrogens is 12. The van der Waals surface area contributed by atoms with Gasteiger partial charge in [-0.15, -0.1) is 0 Å². The lowest BCUT2D eigenvalue weighted by molar-refractivity contribution is -0.113. The number of hydrogen-bond donors (Lipinski definition) is 6. The summed E-state index contributed by atoms with van der Waals surface area (Å²) in [6, 6.07) is 3.33. The minimum absolute atomic E-state index is 0.00969. The average molecular weight is 1740 g/mol. The summed E-state index contributed by atoms with van der Waals surface area (Å²) in [5.74, 6) is 1.35. The van der Waals surface area contributed by atoms with Gasteiger partial charge in [-0.2, -0.15) is 15.0 Å². The fraction of sp³-hybridized carbons (Fsp3) is 0.407. The van der Waals surface area contributed by atoms with E-state index in [0.717, 1.165) is 92.3 Å². The van der Waals surface area contributed by atoms with E-state index in [-0.39, 0.29) is 130 Å². The molecule has 0 atom stereocenters. The van der Waals surface area contributed by atoms with Crippen LogP contribution in [0.4, 0.5) is 35.3 Å². The molecule has 2 fully saturated rings. The molecular formula is C86H102Cl3N21O13. The number of ketones is 3. The number of nitrogen functional groups attached to an aromatic ring is 3. The van der Waals surface area contributed by atoms with Crippen LogP contribution >= 0.6 is 34.8 Å². The third-order valence-corrected chi connectivity index (χ3v) is 22.8. The summed E-state index contributed by atoms with van der Waals surface area (Å²) in [6.07, 6.45) is 15.7. The zero-order chi connectivity index (χ0) is 88.2. The van der Waals surface area contributed by atoms with E-state index in [1.54, 1.807) is 82.7 Å². The fourth-order valence-electron chi connectivity index (χ4n) is 15.4. The molecule has 5 aliphatic heterocycles. The smallest absolute Gasteiger partial charge is 0.260 e. The maximum atomic E-state index is 13.9. The summed E-state index contributed by atoms with van der Waals surface area (Å²) in [5, 5.41) is 0.173. The lowest BCUT2D eigenvalue weighted by atomic mass is 10.0. The third-order valence-electron chi connectivity index (χ3n) is 22.0. The number of nitrogens with zero attached hydrogens (tertiary/aromatic N) is 15. The minimum atomic E-state index is -0.350. The Balaban J connectivity index is 0.000000169. The Hall–Kier alpha value is -11.4. The molecule has 5 aliphatic rings. The van der Waals surface area contributed by atoms with Crippen LogP contribution < -0.4 is 46.1 Å². The number of morpholine rings is 1. The number of likely N-dealkylation sites (N-methyl/N-ethyl adjacent to an activating group) is 1. The predicted molar refractivity (Wildman–Crippen MR) is 470 cm³/mol. The van der Waals surface area contributed by atoms with Crippen molar-refractivity contribution in [2.24, 2.45) is 0 Å². The highest BCUT2D eigenvalue weighted by Gasteiger charge is 2.42. The quantitative estimate of drug-likeness (QED) is 0.00987. The summed E-state index contributed by atoms with van der Waals surface area (Å²) in [4.78, 5) is 139. The average Bonchev–Trinajstić information content (AvgIpc) is 1.60. The fourth-order valence-corrected chi connectivity index (χ4v) is 16.2. The summed E-state index contributed by atoms with van der Waals surface area (Å²) in [5.41, 5.74) is 31.2. The van der Waals surface area contributed by atoms with Crippen molar-refractivity contribution in [2.75, 3.05) is 165 Å². The number of Topliss-reactive ketones (excluding diaryl/α,β-unsaturated/α-hetero) is 3. The molecule has 0 bridgehead atoms. The number of aromatic amines is 3. The Kier molecular flexibility index (Phi) is 30.0. The second kappa shape index (κ2) is 40.7. The zero-order valence-corrected chi connectivity index (χ0v) is 73.5. The number of anilines is 6. The molecule has 0 aliphatic carbocycles. The lowest BCUT2D eigenvalue weighted by Crippen LogP contribution is -2.38. The van der Waals surface area contributed by atoms with Gasteiger partial charge < -0.3 is 75.1 Å². The summed E-state index contributed by atoms with van der Waals surface area (Å²) in [7, 11) is 4.79. The first-order valence-electron chi connectivity index (χ1n) is 40.3. The highest BCUT2D eigenvalue weighted by molar-refractivity contribution is 6.43. The van der Waals surface area contributed by atoms with Gasteiger partial charge in [-0.3, -0.25) is 63.3 Å². The number of aryl methyl sites for hydroxylation is 4. The van der Waals surface area contributed by atoms with Crippen LogP contribution in [0.2, 0.25) is 15.5 Å². The second-order valence-electron chi connectivity index (χ2n) is 30.0. The van der Waals surface area contributed by atoms with Crippen molar-refractivity contribution < 1.29 is 61.9 Å². The third kappa shape index (κ3) is 20.6. The number of halogens is 3. The van der Waals surface area contributed by atoms with Gasteiger partial charge >= 0.3 is 0 Å². The summed E-state index contributed by atoms with van der Waals surface area (Å²) in [6.45, 7) is 30.5. The van der Waals surface area contributed by atoms with Gasteiger partial charge in [-0.1, -0.05) is 48.7 Å². The number of likely N-dealkylation sites (tertiary alicyclic amines) is 1. The zero-order valence-electron chi connectivity index (χ0n) is 71.2. The first kappa shape index (κ1) is 90.8. The van der Waals surface area contributed by atoms with Gasteiger partial charge in [-0.05, 0) is 130 Å². The normalized spacial score (nSPS) is 15.5. The van der Waals surface area contributed by atoms with Crippen molar-refractivity contribution in [3.63, 3.8) is 0 Å². The van der Waals surface area contributed by atoms with E-state index >= 15 is 0 Å². The molecule has 37 heteroatoms. The summed E-state index contributed by atoms with van der Waals surface area (Å²) < 4.78 is 38.8. The van der Waals surface area contributed by atoms with Crippen molar-refractivity contribution >= 4 is 140 Å². The topological polar surface area (TPSA) is 428 Å². The van der Waals surface area contributed by atoms with Crippen molar-refractivity contribution in [1.29, 1.82) is 0 Å². The van der Waals surface area contributed by atoms with Gasteiger partial charge in [0.25, 0.3) is 17.7 Å². The number of nitrogens with one attached hydrogen (secondary N) is 3. The van der Waals surface area contributed by atoms with Gasteiger partial charge in [0, 0.05) is 137 Å². The largest absolute Gasteiger partial charge is 0.496 e. The number of hydrogen-bond acceptors (Lipinski definition) is 28. The number of ether oxygens (including phenoxy) is 7. The molecule has 650 valence electrons. The van der Waals surface area contributed by atoms with Crippen molar-refractivity contribution in [3.05, 3.63) is 171 Å². The van der Waals surface area contributed by atoms with Gasteiger partial charge in [0.1, 0.15) is 52.5 Å². The molecule has 3 amide bonds. The standard InChI is InChI=1S/C30H36ClN7O4.C28H32ClN7O5.C28H34ClN7O4/c1-16-13-33-22(18(3)26(16)41-5)14-38-28-25(27(31)35-30(32)36-28)20(29(38)40)12-21-17(2)24(19(4)34-21)23(39)15-42-11-10-37-8-6-7-9-37;1-16-12-32-21(17(2)24(16)39-3)14-36-26-23(25(29)33-28(30)34-26)20(27(36)38)11-19-10-18(13-31-19)22(37)15-41-9-6-35-4-7-40-8-5-35;1-6-35(7-2)8-9-40-15-22(37)18-10-19(31-13-18)11-20-23-25(29)33-28(30)34-26(23)36(27(20)38)14-21-17(4)24(39-5)16(3)12-32-21/h12-13,34H,6-11,14-15H2,1-5H3,(H2,32,35,36);10-13,31H,4-9,14-15H2,1-3H3,(H2,30,33,34);10-13,31H,6-9,14-15H2,1-5H3,(H2,30,33,34)/b20-12-;2*20-11-. The Morgan fingerprint density at radius 1 is 0.504 bits per heavy atom. The number of methoxy groups -OCH3 is 3. The molecule has 9 aromatic rings. The van der Waals surface area contributed by atoms with Crippen LogP contribution in [0.25, 0.3) is 34.9 Å². The molecule has 0 radical (unpaired) electrons. The molecule has 34 nitrogen and oxygen atoms in total. The molecule has 14 rings (SSSR count). The van der Waals surface area contributed by atoms with Crippen LogP contribution in [0.3, 0.4) is 0 Å². The number of fused-ring (bicyclic) bond motifs is 3. The van der Waals surface area contributed by atoms with E-state index in [9.17, 15) is 28.8 Å². The van der Waals surface area contributed by atoms with Crippen LogP contribution in [0.1, 0.15) is 153 Å². The molecule has 0 saturated carbocycles. The second-order valence-corrected chi connectivity index (χ2v) is 31.1. The molecule has 0 unspecified atom stereocenters. The van der Waals surface area contributed by atoms with Crippen LogP contribution in [0.15, 0.2) is 43.1 Å². The Bertz CT molecular complexity index is 5590. The number of amides is 3. The SMILES string of the molecule is CCN(CC)CCOCC(=O)c1c[nH]c(/C=C2\C(=O)N(Cc3ncc(C)c(OC)c3C)c3nc(N)nc(Cl)c32)c1.COc1c(C)cnc(CN2C(=O)/C(=C\c3[nH]c(C)c(C(=O)COCCN4CCCC4)c3C)c3c(Cl)nc(N)nc32)c1C.COc1c(C)cnc(CN2C(=O)/C(=C\c3cc(C(=O)COCCN4CCOCC4)c[nH]3)c3c(Cl)nc(N)nc32)c1C. The van der Waals surface area contributed by atoms with Crippen LogP contribution in [-0.4, -0.2) is 243 Å². The van der Waals surface area contributed by atoms with E-state index in [1.165, 1.54) is 27.5 Å². The molecular weight excluding hydrogens is 1640 g/mol. The van der Waals surface area contributed by atoms with Gasteiger partial charge in [0.2, 0.25) is 17.8 Å². The number of nitrogens with two attached hydrogens (primary N) is 3. The first-order chi connectivity index (χ1) is 59.0. The number of pyridine rings is 3. The first-order valence-corrected chi connectivity index (χ1v) is 41.4. The van der Waals surface area contributed by atoms with Gasteiger partial charge in [-0.25, -0.2) is 15.0 Å². The Morgan fingerprint density at radius 2 is 0.870 bits per heavy atom. The monoisotopic (exact) mass is 1740 g/mol. The van der Waals surface area contributed by atoms with E-state index in [1.807, 2.05) is 55.4 Å². The van der Waals surface area contributed by atoms with Crippen LogP contribution in [-0.2, 0) is 53.0 Å². The van der Waals surface area contributed by atoms with Crippen molar-refractivity contribution in [1.82, 2.24) is 74.5 Å². The molecule has 2 saturated heterocycles. The maximum absolute atomic E-state index is 13.9. The number of H-pyrrole nitrogens is 3. The molecule has 0 aromatic carbocycles. The molecule has 123 heavy (non-hydrogen) atoms. The van der Waals surface area contributed by atoms with Crippen molar-refractivity contribution in [3.8, 4) is 17.2 Å². The van der Waals surface area contributed by atoms with E-state index < -0.39 is 0 Å². The lowest BCUT2D eigenvalue weighted by Gasteiger charge is -2.26. The number of carbonyl (C=O) groups excluding carboxylic acids is 6. The molecule has 14 heterocycles. The maximum Gasteiger partial charge on any atom is 0.260 e. The molecule has 9 aromatic heterocycles. The highest BCUT2D eigenvalue weighted by Crippen LogP contribution is 2.46. The van der Waals surface area contributed by atoms with E-state index in [0.29, 0.717) is 141 Å². The van der Waals surface area contributed by atoms with Crippen molar-refractivity contribution in [2.45, 2.75) is 102 Å². The minimum Gasteiger partial charge on any atom is -0.496 e. The summed E-state index contributed by atoms with van der Waals surface area (Å²) >= 11 is 19.5. The van der Waals surface area contributed by atoms with Crippen LogP contribution in [0, 0.1) is 55.4 Å². The highest BCUT2D eigenvalue weighted by atomic mass is 35.5. The van der Waals surface area contributed by atoms with E-state index in [4.69, 9.17) is 85.2 Å². The van der Waals surface area contributed by atoms with E-state index in [2.05, 4.69) is 88.4 Å².